The molecule has 0 unspecified atom stereocenters. The Kier molecular flexibility index (Phi) is 3.88. The van der Waals surface area contributed by atoms with Crippen LogP contribution in [0.5, 0.6) is 0 Å². The van der Waals surface area contributed by atoms with Gasteiger partial charge in [0.2, 0.25) is 0 Å². The van der Waals surface area contributed by atoms with Gasteiger partial charge < -0.3 is 11.1 Å². The molecular formula is C19H22N2O. The van der Waals surface area contributed by atoms with E-state index in [-0.39, 0.29) is 11.4 Å². The molecule has 1 aliphatic carbocycles. The van der Waals surface area contributed by atoms with Gasteiger partial charge in [0.05, 0.1) is 5.54 Å². The second-order valence-corrected chi connectivity index (χ2v) is 6.18. The summed E-state index contributed by atoms with van der Waals surface area (Å²) in [6, 6.07) is 15.8. The zero-order chi connectivity index (χ0) is 15.6. The van der Waals surface area contributed by atoms with Crippen LogP contribution in [0.3, 0.4) is 0 Å². The summed E-state index contributed by atoms with van der Waals surface area (Å²) in [4.78, 5) is 12.8. The van der Waals surface area contributed by atoms with Gasteiger partial charge in [0.25, 0.3) is 5.91 Å². The van der Waals surface area contributed by atoms with Crippen LogP contribution in [-0.2, 0) is 5.54 Å². The number of carbonyl (C=O) groups excluding carboxylic acids is 1. The van der Waals surface area contributed by atoms with Crippen molar-refractivity contribution in [2.45, 2.75) is 38.1 Å². The predicted molar refractivity (Wildman–Crippen MR) is 89.6 cm³/mol. The van der Waals surface area contributed by atoms with Gasteiger partial charge in [-0.1, -0.05) is 49.2 Å². The first-order valence-corrected chi connectivity index (χ1v) is 7.85. The number of nitrogen functional groups attached to an aromatic ring is 1. The summed E-state index contributed by atoms with van der Waals surface area (Å²) < 4.78 is 0. The Bertz CT molecular complexity index is 673. The number of nitrogens with two attached hydrogens (primary N) is 1. The lowest BCUT2D eigenvalue weighted by molar-refractivity contribution is 0.0897. The Morgan fingerprint density at radius 1 is 1.09 bits per heavy atom. The van der Waals surface area contributed by atoms with Gasteiger partial charge in [-0.3, -0.25) is 4.79 Å². The van der Waals surface area contributed by atoms with E-state index in [1.165, 1.54) is 5.56 Å². The summed E-state index contributed by atoms with van der Waals surface area (Å²) in [5.41, 5.74) is 9.04. The van der Waals surface area contributed by atoms with E-state index in [9.17, 15) is 4.79 Å². The molecule has 3 rings (SSSR count). The summed E-state index contributed by atoms with van der Waals surface area (Å²) in [5, 5.41) is 3.30. The summed E-state index contributed by atoms with van der Waals surface area (Å²) >= 11 is 0. The largest absolute Gasteiger partial charge is 0.399 e. The van der Waals surface area contributed by atoms with Gasteiger partial charge in [-0.25, -0.2) is 0 Å². The highest BCUT2D eigenvalue weighted by Gasteiger charge is 2.37. The average Bonchev–Trinajstić information content (AvgIpc) is 3.00. The molecule has 0 spiro atoms. The highest BCUT2D eigenvalue weighted by atomic mass is 16.1. The van der Waals surface area contributed by atoms with Gasteiger partial charge >= 0.3 is 0 Å². The number of nitrogens with one attached hydrogen (secondary N) is 1. The number of hydrogen-bond donors (Lipinski definition) is 2. The van der Waals surface area contributed by atoms with E-state index in [2.05, 4.69) is 17.4 Å². The molecule has 0 atom stereocenters. The second-order valence-electron chi connectivity index (χ2n) is 6.18. The van der Waals surface area contributed by atoms with E-state index in [0.717, 1.165) is 31.2 Å². The number of amides is 1. The fourth-order valence-corrected chi connectivity index (χ4v) is 3.39. The highest BCUT2D eigenvalue weighted by Crippen LogP contribution is 2.39. The molecule has 1 aliphatic rings. The molecule has 22 heavy (non-hydrogen) atoms. The second kappa shape index (κ2) is 5.84. The third kappa shape index (κ3) is 2.71. The topological polar surface area (TPSA) is 55.1 Å². The summed E-state index contributed by atoms with van der Waals surface area (Å²) in [6.45, 7) is 1.94. The van der Waals surface area contributed by atoms with Crippen molar-refractivity contribution in [2.24, 2.45) is 0 Å². The van der Waals surface area contributed by atoms with Crippen molar-refractivity contribution in [2.75, 3.05) is 5.73 Å². The third-order valence-corrected chi connectivity index (χ3v) is 4.64. The molecule has 2 aromatic rings. The van der Waals surface area contributed by atoms with Crippen LogP contribution in [0.4, 0.5) is 5.69 Å². The molecular weight excluding hydrogens is 272 g/mol. The van der Waals surface area contributed by atoms with Crippen LogP contribution in [0.2, 0.25) is 0 Å². The number of rotatable bonds is 3. The maximum atomic E-state index is 12.8. The normalized spacial score (nSPS) is 16.4. The Labute approximate surface area is 131 Å². The first kappa shape index (κ1) is 14.6. The van der Waals surface area contributed by atoms with Crippen LogP contribution < -0.4 is 11.1 Å². The zero-order valence-electron chi connectivity index (χ0n) is 12.9. The monoisotopic (exact) mass is 294 g/mol. The Balaban J connectivity index is 1.92. The zero-order valence-corrected chi connectivity index (χ0v) is 12.9. The highest BCUT2D eigenvalue weighted by molar-refractivity contribution is 5.97. The number of anilines is 1. The Morgan fingerprint density at radius 2 is 1.77 bits per heavy atom. The van der Waals surface area contributed by atoms with Crippen molar-refractivity contribution in [3.63, 3.8) is 0 Å². The van der Waals surface area contributed by atoms with Crippen molar-refractivity contribution in [3.05, 3.63) is 65.2 Å². The van der Waals surface area contributed by atoms with E-state index in [4.69, 9.17) is 5.73 Å². The van der Waals surface area contributed by atoms with Crippen LogP contribution in [-0.4, -0.2) is 5.91 Å². The van der Waals surface area contributed by atoms with Crippen LogP contribution in [0.1, 0.15) is 47.2 Å². The summed E-state index contributed by atoms with van der Waals surface area (Å²) in [6.07, 6.45) is 4.27. The molecule has 0 saturated heterocycles. The SMILES string of the molecule is Cc1ccc(N)cc1C(=O)NC1(c2ccccc2)CCCC1. The van der Waals surface area contributed by atoms with Gasteiger partial charge in [0.1, 0.15) is 0 Å². The lowest BCUT2D eigenvalue weighted by Gasteiger charge is -2.31. The Morgan fingerprint density at radius 3 is 2.45 bits per heavy atom. The standard InChI is InChI=1S/C19H22N2O/c1-14-9-10-16(20)13-17(14)18(22)21-19(11-5-6-12-19)15-7-3-2-4-8-15/h2-4,7-10,13H,5-6,11-12,20H2,1H3,(H,21,22). The van der Waals surface area contributed by atoms with Crippen LogP contribution in [0, 0.1) is 6.92 Å². The molecule has 0 heterocycles. The van der Waals surface area contributed by atoms with E-state index < -0.39 is 0 Å². The molecule has 3 N–H and O–H groups in total. The maximum Gasteiger partial charge on any atom is 0.252 e. The average molecular weight is 294 g/mol. The predicted octanol–water partition coefficient (Wildman–Crippen LogP) is 3.78. The smallest absolute Gasteiger partial charge is 0.252 e. The fourth-order valence-electron chi connectivity index (χ4n) is 3.39. The van der Waals surface area contributed by atoms with E-state index >= 15 is 0 Å². The quantitative estimate of drug-likeness (QED) is 0.846. The number of carbonyl (C=O) groups is 1. The van der Waals surface area contributed by atoms with Gasteiger partial charge in [0, 0.05) is 11.3 Å². The minimum Gasteiger partial charge on any atom is -0.399 e. The molecule has 3 nitrogen and oxygen atoms in total. The Hall–Kier alpha value is -2.29. The first-order chi connectivity index (χ1) is 10.6. The van der Waals surface area contributed by atoms with E-state index in [0.29, 0.717) is 11.3 Å². The third-order valence-electron chi connectivity index (χ3n) is 4.64. The molecule has 0 bridgehead atoms. The van der Waals surface area contributed by atoms with Crippen molar-refractivity contribution in [1.29, 1.82) is 0 Å². The number of benzene rings is 2. The molecule has 1 amide bonds. The van der Waals surface area contributed by atoms with Crippen LogP contribution in [0.25, 0.3) is 0 Å². The molecule has 114 valence electrons. The van der Waals surface area contributed by atoms with Crippen LogP contribution >= 0.6 is 0 Å². The lowest BCUT2D eigenvalue weighted by Crippen LogP contribution is -2.44. The summed E-state index contributed by atoms with van der Waals surface area (Å²) in [7, 11) is 0. The minimum atomic E-state index is -0.241. The summed E-state index contributed by atoms with van der Waals surface area (Å²) in [5.74, 6) is -0.0319. The first-order valence-electron chi connectivity index (χ1n) is 7.85. The lowest BCUT2D eigenvalue weighted by atomic mass is 9.87. The molecule has 0 aliphatic heterocycles. The number of aryl methyl sites for hydroxylation is 1. The van der Waals surface area contributed by atoms with Crippen molar-refractivity contribution in [1.82, 2.24) is 5.32 Å². The molecule has 2 aromatic carbocycles. The molecule has 1 fully saturated rings. The van der Waals surface area contributed by atoms with E-state index in [1.54, 1.807) is 6.07 Å². The van der Waals surface area contributed by atoms with Crippen molar-refractivity contribution in [3.8, 4) is 0 Å². The van der Waals surface area contributed by atoms with Gasteiger partial charge in [-0.05, 0) is 43.0 Å². The molecule has 3 heteroatoms. The fraction of sp³-hybridized carbons (Fsp3) is 0.316. The van der Waals surface area contributed by atoms with Crippen molar-refractivity contribution >= 4 is 11.6 Å². The van der Waals surface area contributed by atoms with Gasteiger partial charge in [-0.15, -0.1) is 0 Å². The van der Waals surface area contributed by atoms with Gasteiger partial charge in [-0.2, -0.15) is 0 Å². The van der Waals surface area contributed by atoms with Crippen molar-refractivity contribution < 1.29 is 4.79 Å². The van der Waals surface area contributed by atoms with E-state index in [1.807, 2.05) is 37.3 Å². The molecule has 0 aromatic heterocycles. The van der Waals surface area contributed by atoms with Gasteiger partial charge in [0.15, 0.2) is 0 Å². The maximum absolute atomic E-state index is 12.8. The molecule has 1 saturated carbocycles. The van der Waals surface area contributed by atoms with Crippen LogP contribution in [0.15, 0.2) is 48.5 Å². The number of hydrogen-bond acceptors (Lipinski definition) is 2. The molecule has 0 radical (unpaired) electrons. The minimum absolute atomic E-state index is 0.0319.